The molecule has 4 aromatic rings. The number of halogens is 3. The molecule has 4 aromatic heterocycles. The molecule has 0 amide bonds. The Labute approximate surface area is 193 Å². The van der Waals surface area contributed by atoms with Gasteiger partial charge in [-0.1, -0.05) is 6.42 Å². The molecule has 0 spiro atoms. The minimum atomic E-state index is -4.50. The minimum Gasteiger partial charge on any atom is -0.354 e. The zero-order chi connectivity index (χ0) is 23.4. The summed E-state index contributed by atoms with van der Waals surface area (Å²) in [6.45, 7) is 1.49. The van der Waals surface area contributed by atoms with Crippen LogP contribution in [-0.2, 0) is 6.18 Å². The Bertz CT molecular complexity index is 1380. The van der Waals surface area contributed by atoms with Crippen molar-refractivity contribution in [1.29, 1.82) is 0 Å². The molecule has 7 nitrogen and oxygen atoms in total. The van der Waals surface area contributed by atoms with Gasteiger partial charge in [-0.15, -0.1) is 0 Å². The lowest BCUT2D eigenvalue weighted by molar-refractivity contribution is -0.140. The van der Waals surface area contributed by atoms with E-state index < -0.39 is 11.9 Å². The molecule has 0 aromatic carbocycles. The molecule has 3 N–H and O–H groups in total. The number of aromatic amines is 1. The van der Waals surface area contributed by atoms with Gasteiger partial charge in [0.05, 0.1) is 11.7 Å². The number of fused-ring (bicyclic) bond motifs is 2. The van der Waals surface area contributed by atoms with E-state index >= 15 is 0 Å². The van der Waals surface area contributed by atoms with Gasteiger partial charge in [0.15, 0.2) is 5.82 Å². The molecule has 0 bridgehead atoms. The first-order valence-corrected chi connectivity index (χ1v) is 11.6. The molecule has 1 aliphatic carbocycles. The van der Waals surface area contributed by atoms with Crippen molar-refractivity contribution in [1.82, 2.24) is 24.9 Å². The van der Waals surface area contributed by atoms with Crippen molar-refractivity contribution in [2.75, 3.05) is 18.0 Å². The van der Waals surface area contributed by atoms with Crippen molar-refractivity contribution in [2.24, 2.45) is 5.73 Å². The first kappa shape index (κ1) is 21.3. The summed E-state index contributed by atoms with van der Waals surface area (Å²) in [7, 11) is 0. The van der Waals surface area contributed by atoms with E-state index in [0.29, 0.717) is 34.8 Å². The highest BCUT2D eigenvalue weighted by atomic mass is 19.4. The monoisotopic (exact) mass is 467 g/mol. The summed E-state index contributed by atoms with van der Waals surface area (Å²) in [6.07, 6.45) is 5.91. The molecule has 2 fully saturated rings. The second-order valence-corrected chi connectivity index (χ2v) is 9.27. The van der Waals surface area contributed by atoms with Gasteiger partial charge in [0.2, 0.25) is 0 Å². The maximum atomic E-state index is 13.4. The summed E-state index contributed by atoms with van der Waals surface area (Å²) in [5.74, 6) is 1.57. The van der Waals surface area contributed by atoms with Crippen LogP contribution in [0.4, 0.5) is 19.0 Å². The Morgan fingerprint density at radius 1 is 1.09 bits per heavy atom. The lowest BCUT2D eigenvalue weighted by atomic mass is 9.79. The zero-order valence-corrected chi connectivity index (χ0v) is 18.4. The number of hydrogen-bond acceptors (Lipinski definition) is 6. The second kappa shape index (κ2) is 7.90. The van der Waals surface area contributed by atoms with Gasteiger partial charge in [-0.3, -0.25) is 4.98 Å². The molecule has 6 rings (SSSR count). The standard InChI is InChI=1S/C24H24F3N7/c25-24(26,27)19-9-16-15(6-7-30-21(16)32-19)22-31-18-11-29-10-17(13-3-1-4-13)20(18)23(33-22)34-8-2-5-14(28)12-34/h6-7,9-11,13-14H,1-5,8,12,28H2,(H,30,32). The van der Waals surface area contributed by atoms with Crippen LogP contribution in [0.25, 0.3) is 33.3 Å². The van der Waals surface area contributed by atoms with Crippen LogP contribution in [0.5, 0.6) is 0 Å². The molecule has 34 heavy (non-hydrogen) atoms. The van der Waals surface area contributed by atoms with Crippen molar-refractivity contribution in [3.63, 3.8) is 0 Å². The molecule has 5 heterocycles. The predicted molar refractivity (Wildman–Crippen MR) is 123 cm³/mol. The van der Waals surface area contributed by atoms with Crippen molar-refractivity contribution < 1.29 is 13.2 Å². The van der Waals surface area contributed by atoms with Crippen LogP contribution in [0.15, 0.2) is 30.7 Å². The second-order valence-electron chi connectivity index (χ2n) is 9.27. The van der Waals surface area contributed by atoms with E-state index in [1.54, 1.807) is 12.3 Å². The van der Waals surface area contributed by atoms with Crippen LogP contribution in [0, 0.1) is 0 Å². The fourth-order valence-corrected chi connectivity index (χ4v) is 5.04. The lowest BCUT2D eigenvalue weighted by Crippen LogP contribution is -2.43. The van der Waals surface area contributed by atoms with Crippen LogP contribution in [0.2, 0.25) is 0 Å². The van der Waals surface area contributed by atoms with Gasteiger partial charge in [0.1, 0.15) is 17.2 Å². The Kier molecular flexibility index (Phi) is 4.94. The summed E-state index contributed by atoms with van der Waals surface area (Å²) in [4.78, 5) is 22.9. The number of H-pyrrole nitrogens is 1. The summed E-state index contributed by atoms with van der Waals surface area (Å²) >= 11 is 0. The van der Waals surface area contributed by atoms with Gasteiger partial charge in [0.25, 0.3) is 0 Å². The van der Waals surface area contributed by atoms with E-state index in [-0.39, 0.29) is 11.7 Å². The van der Waals surface area contributed by atoms with Crippen molar-refractivity contribution in [2.45, 2.75) is 50.2 Å². The molecule has 10 heteroatoms. The van der Waals surface area contributed by atoms with Gasteiger partial charge in [0, 0.05) is 47.9 Å². The Morgan fingerprint density at radius 2 is 1.94 bits per heavy atom. The van der Waals surface area contributed by atoms with Gasteiger partial charge in [-0.05, 0) is 49.3 Å². The van der Waals surface area contributed by atoms with E-state index in [4.69, 9.17) is 15.7 Å². The normalized spacial score (nSPS) is 19.6. The van der Waals surface area contributed by atoms with Crippen LogP contribution < -0.4 is 10.6 Å². The summed E-state index contributed by atoms with van der Waals surface area (Å²) in [5.41, 5.74) is 7.93. The molecule has 1 atom stereocenters. The summed E-state index contributed by atoms with van der Waals surface area (Å²) < 4.78 is 40.1. The maximum absolute atomic E-state index is 13.4. The zero-order valence-electron chi connectivity index (χ0n) is 18.4. The number of nitrogens with one attached hydrogen (secondary N) is 1. The number of piperidine rings is 1. The number of nitrogens with two attached hydrogens (primary N) is 1. The first-order chi connectivity index (χ1) is 16.4. The van der Waals surface area contributed by atoms with Crippen molar-refractivity contribution in [3.8, 4) is 11.4 Å². The third-order valence-electron chi connectivity index (χ3n) is 7.00. The number of nitrogens with zero attached hydrogens (tertiary/aromatic N) is 5. The smallest absolute Gasteiger partial charge is 0.354 e. The van der Waals surface area contributed by atoms with E-state index in [9.17, 15) is 13.2 Å². The average molecular weight is 467 g/mol. The first-order valence-electron chi connectivity index (χ1n) is 11.6. The molecular formula is C24H24F3N7. The summed E-state index contributed by atoms with van der Waals surface area (Å²) in [5, 5.41) is 1.31. The van der Waals surface area contributed by atoms with E-state index in [1.807, 2.05) is 6.20 Å². The number of pyridine rings is 2. The number of anilines is 1. The van der Waals surface area contributed by atoms with Crippen LogP contribution in [0.1, 0.15) is 49.3 Å². The predicted octanol–water partition coefficient (Wildman–Crippen LogP) is 4.78. The van der Waals surface area contributed by atoms with Gasteiger partial charge in [-0.2, -0.15) is 13.2 Å². The fraction of sp³-hybridized carbons (Fsp3) is 0.417. The Morgan fingerprint density at radius 3 is 2.68 bits per heavy atom. The number of hydrogen-bond donors (Lipinski definition) is 2. The van der Waals surface area contributed by atoms with Gasteiger partial charge >= 0.3 is 6.18 Å². The third-order valence-corrected chi connectivity index (χ3v) is 7.00. The lowest BCUT2D eigenvalue weighted by Gasteiger charge is -2.34. The minimum absolute atomic E-state index is 0.0443. The molecular weight excluding hydrogens is 443 g/mol. The molecule has 1 saturated heterocycles. The highest BCUT2D eigenvalue weighted by molar-refractivity contribution is 5.97. The Hall–Kier alpha value is -3.27. The number of aromatic nitrogens is 5. The summed E-state index contributed by atoms with van der Waals surface area (Å²) in [6, 6.07) is 2.78. The molecule has 1 aliphatic heterocycles. The molecule has 176 valence electrons. The highest BCUT2D eigenvalue weighted by Gasteiger charge is 2.33. The quantitative estimate of drug-likeness (QED) is 0.450. The average Bonchev–Trinajstić information content (AvgIpc) is 3.22. The van der Waals surface area contributed by atoms with Crippen molar-refractivity contribution >= 4 is 27.8 Å². The molecule has 1 unspecified atom stereocenters. The fourth-order valence-electron chi connectivity index (χ4n) is 5.04. The Balaban J connectivity index is 1.58. The van der Waals surface area contributed by atoms with E-state index in [1.165, 1.54) is 12.6 Å². The molecule has 0 radical (unpaired) electrons. The van der Waals surface area contributed by atoms with Gasteiger partial charge < -0.3 is 15.6 Å². The maximum Gasteiger partial charge on any atom is 0.431 e. The van der Waals surface area contributed by atoms with E-state index in [2.05, 4.69) is 19.9 Å². The van der Waals surface area contributed by atoms with Gasteiger partial charge in [-0.25, -0.2) is 15.0 Å². The largest absolute Gasteiger partial charge is 0.431 e. The topological polar surface area (TPSA) is 96.6 Å². The number of alkyl halides is 3. The van der Waals surface area contributed by atoms with Crippen molar-refractivity contribution in [3.05, 3.63) is 42.0 Å². The van der Waals surface area contributed by atoms with E-state index in [0.717, 1.165) is 55.1 Å². The van der Waals surface area contributed by atoms with Crippen LogP contribution in [0.3, 0.4) is 0 Å². The number of rotatable bonds is 3. The molecule has 2 aliphatic rings. The SMILES string of the molecule is NC1CCCN(c2nc(-c3ccnc4[nH]c(C(F)(F)F)cc34)nc3cncc(C4CCC4)c23)C1. The highest BCUT2D eigenvalue weighted by Crippen LogP contribution is 2.42. The molecule has 1 saturated carbocycles. The third kappa shape index (κ3) is 3.56. The van der Waals surface area contributed by atoms with Crippen LogP contribution >= 0.6 is 0 Å². The van der Waals surface area contributed by atoms with Crippen LogP contribution in [-0.4, -0.2) is 44.1 Å².